The number of Topliss-reactive ketones (excluding diaryl/α,β-unsaturated/α-hetero) is 1. The number of carbonyl (C=O) groups is 3. The van der Waals surface area contributed by atoms with Crippen LogP contribution in [-0.4, -0.2) is 37.0 Å². The molecule has 0 saturated heterocycles. The Morgan fingerprint density at radius 2 is 1.71 bits per heavy atom. The normalized spacial score (nSPS) is 11.2. The van der Waals surface area contributed by atoms with Gasteiger partial charge in [0.2, 0.25) is 0 Å². The lowest BCUT2D eigenvalue weighted by atomic mass is 9.96. The molecule has 0 aromatic heterocycles. The molecule has 1 N–H and O–H groups in total. The van der Waals surface area contributed by atoms with Gasteiger partial charge in [0.15, 0.2) is 5.75 Å². The number of esters is 2. The molecular weight excluding hydrogens is 364 g/mol. The van der Waals surface area contributed by atoms with Crippen molar-refractivity contribution in [3.05, 3.63) is 29.3 Å². The summed E-state index contributed by atoms with van der Waals surface area (Å²) in [5.41, 5.74) is -0.487. The van der Waals surface area contributed by atoms with Gasteiger partial charge in [-0.05, 0) is 51.3 Å². The summed E-state index contributed by atoms with van der Waals surface area (Å²) in [4.78, 5) is 36.3. The largest absolute Gasteiger partial charge is 0.507 e. The molecule has 0 unspecified atom stereocenters. The molecule has 0 saturated carbocycles. The van der Waals surface area contributed by atoms with Crippen molar-refractivity contribution in [3.8, 4) is 17.2 Å². The zero-order valence-corrected chi connectivity index (χ0v) is 16.8. The molecule has 2 rings (SSSR count). The molecule has 7 nitrogen and oxygen atoms in total. The highest BCUT2D eigenvalue weighted by Gasteiger charge is 2.29. The molecule has 0 fully saturated rings. The molecule has 2 aromatic carbocycles. The van der Waals surface area contributed by atoms with E-state index in [-0.39, 0.29) is 23.5 Å². The average molecular weight is 388 g/mol. The van der Waals surface area contributed by atoms with Crippen LogP contribution in [-0.2, 0) is 20.7 Å². The Kier molecular flexibility index (Phi) is 5.97. The van der Waals surface area contributed by atoms with Crippen LogP contribution in [0, 0.1) is 5.41 Å². The number of ketones is 1. The van der Waals surface area contributed by atoms with Crippen molar-refractivity contribution in [2.75, 3.05) is 14.2 Å². The fourth-order valence-electron chi connectivity index (χ4n) is 2.68. The van der Waals surface area contributed by atoms with Crippen LogP contribution in [0.1, 0.15) is 43.6 Å². The maximum atomic E-state index is 12.5. The molecule has 0 aliphatic heterocycles. The third-order valence-electron chi connectivity index (χ3n) is 4.11. The van der Waals surface area contributed by atoms with Crippen LogP contribution in [0.25, 0.3) is 10.8 Å². The minimum Gasteiger partial charge on any atom is -0.507 e. The zero-order chi connectivity index (χ0) is 21.2. The van der Waals surface area contributed by atoms with E-state index >= 15 is 0 Å². The first-order valence-corrected chi connectivity index (χ1v) is 8.66. The van der Waals surface area contributed by atoms with Gasteiger partial charge in [0, 0.05) is 17.4 Å². The Morgan fingerprint density at radius 1 is 1.07 bits per heavy atom. The van der Waals surface area contributed by atoms with Crippen LogP contribution in [0.5, 0.6) is 17.2 Å². The van der Waals surface area contributed by atoms with Crippen LogP contribution in [0.4, 0.5) is 0 Å². The molecule has 150 valence electrons. The number of fused-ring (bicyclic) bond motifs is 1. The fraction of sp³-hybridized carbons (Fsp3) is 0.381. The van der Waals surface area contributed by atoms with E-state index in [2.05, 4.69) is 0 Å². The second-order valence-corrected chi connectivity index (χ2v) is 7.49. The lowest BCUT2D eigenvalue weighted by molar-refractivity contribution is -0.142. The summed E-state index contributed by atoms with van der Waals surface area (Å²) in [6, 6.07) is 4.59. The molecular formula is C21H24O7. The standard InChI is InChI=1S/C21H24O7/c1-11(22)7-13-8-12-9-15(23)17(19(24)27-6)18(14(12)10-16(13)26-5)28-20(25)21(2,3)4/h8-10,23H,7H2,1-6H3. The molecule has 0 bridgehead atoms. The molecule has 0 radical (unpaired) electrons. The maximum absolute atomic E-state index is 12.5. The van der Waals surface area contributed by atoms with E-state index in [9.17, 15) is 19.5 Å². The molecule has 2 aromatic rings. The molecule has 0 atom stereocenters. The van der Waals surface area contributed by atoms with Crippen LogP contribution >= 0.6 is 0 Å². The molecule has 0 heterocycles. The Labute approximate surface area is 163 Å². The van der Waals surface area contributed by atoms with Gasteiger partial charge in [-0.2, -0.15) is 0 Å². The van der Waals surface area contributed by atoms with Crippen molar-refractivity contribution in [1.82, 2.24) is 0 Å². The number of ether oxygens (including phenoxy) is 3. The number of hydrogen-bond acceptors (Lipinski definition) is 7. The summed E-state index contributed by atoms with van der Waals surface area (Å²) >= 11 is 0. The third-order valence-corrected chi connectivity index (χ3v) is 4.11. The molecule has 28 heavy (non-hydrogen) atoms. The highest BCUT2D eigenvalue weighted by molar-refractivity contribution is 6.06. The summed E-state index contributed by atoms with van der Waals surface area (Å²) in [5, 5.41) is 11.3. The van der Waals surface area contributed by atoms with Gasteiger partial charge in [0.1, 0.15) is 22.8 Å². The lowest BCUT2D eigenvalue weighted by Gasteiger charge is -2.20. The third kappa shape index (κ3) is 4.24. The molecule has 0 amide bonds. The smallest absolute Gasteiger partial charge is 0.345 e. The number of rotatable bonds is 5. The number of methoxy groups -OCH3 is 2. The van der Waals surface area contributed by atoms with E-state index in [1.54, 1.807) is 32.9 Å². The minimum atomic E-state index is -0.845. The van der Waals surface area contributed by atoms with Crippen molar-refractivity contribution < 1.29 is 33.7 Å². The second-order valence-electron chi connectivity index (χ2n) is 7.49. The first-order valence-electron chi connectivity index (χ1n) is 8.66. The van der Waals surface area contributed by atoms with Gasteiger partial charge in [-0.25, -0.2) is 4.79 Å². The van der Waals surface area contributed by atoms with Gasteiger partial charge in [-0.3, -0.25) is 9.59 Å². The second kappa shape index (κ2) is 7.88. The van der Waals surface area contributed by atoms with Crippen LogP contribution < -0.4 is 9.47 Å². The predicted octanol–water partition coefficient (Wildman–Crippen LogP) is 3.42. The SMILES string of the molecule is COC(=O)c1c(O)cc2cc(CC(C)=O)c(OC)cc2c1OC(=O)C(C)(C)C. The number of aromatic hydroxyl groups is 1. The van der Waals surface area contributed by atoms with Gasteiger partial charge in [-0.1, -0.05) is 0 Å². The maximum Gasteiger partial charge on any atom is 0.345 e. The Bertz CT molecular complexity index is 952. The monoisotopic (exact) mass is 388 g/mol. The number of benzene rings is 2. The van der Waals surface area contributed by atoms with Crippen molar-refractivity contribution >= 4 is 28.5 Å². The quantitative estimate of drug-likeness (QED) is 0.619. The van der Waals surface area contributed by atoms with Gasteiger partial charge in [-0.15, -0.1) is 0 Å². The number of hydrogen-bond donors (Lipinski definition) is 1. The summed E-state index contributed by atoms with van der Waals surface area (Å²) in [6.07, 6.45) is 0.135. The number of phenols is 1. The molecule has 0 aliphatic rings. The summed E-state index contributed by atoms with van der Waals surface area (Å²) in [7, 11) is 2.62. The van der Waals surface area contributed by atoms with Gasteiger partial charge in [0.05, 0.1) is 19.6 Å². The Hall–Kier alpha value is -3.09. The Morgan fingerprint density at radius 3 is 2.21 bits per heavy atom. The fourth-order valence-corrected chi connectivity index (χ4v) is 2.68. The first-order chi connectivity index (χ1) is 13.0. The molecule has 0 aliphatic carbocycles. The summed E-state index contributed by atoms with van der Waals surface area (Å²) in [5.74, 6) is -1.60. The molecule has 0 spiro atoms. The van der Waals surface area contributed by atoms with E-state index in [1.807, 2.05) is 0 Å². The van der Waals surface area contributed by atoms with E-state index < -0.39 is 23.1 Å². The van der Waals surface area contributed by atoms with Crippen LogP contribution in [0.2, 0.25) is 0 Å². The summed E-state index contributed by atoms with van der Waals surface area (Å²) in [6.45, 7) is 6.47. The van der Waals surface area contributed by atoms with E-state index in [0.29, 0.717) is 22.1 Å². The first kappa shape index (κ1) is 21.2. The van der Waals surface area contributed by atoms with Gasteiger partial charge in [0.25, 0.3) is 0 Å². The predicted molar refractivity (Wildman–Crippen MR) is 103 cm³/mol. The van der Waals surface area contributed by atoms with E-state index in [4.69, 9.17) is 14.2 Å². The highest BCUT2D eigenvalue weighted by Crippen LogP contribution is 2.41. The minimum absolute atomic E-state index is 0.0626. The van der Waals surface area contributed by atoms with Crippen molar-refractivity contribution in [3.63, 3.8) is 0 Å². The summed E-state index contributed by atoms with van der Waals surface area (Å²) < 4.78 is 15.6. The van der Waals surface area contributed by atoms with Gasteiger partial charge >= 0.3 is 11.9 Å². The number of phenolic OH excluding ortho intramolecular Hbond substituents is 1. The number of carbonyl (C=O) groups excluding carboxylic acids is 3. The van der Waals surface area contributed by atoms with Gasteiger partial charge < -0.3 is 19.3 Å². The lowest BCUT2D eigenvalue weighted by Crippen LogP contribution is -2.26. The van der Waals surface area contributed by atoms with Crippen LogP contribution in [0.3, 0.4) is 0 Å². The van der Waals surface area contributed by atoms with Crippen molar-refractivity contribution in [1.29, 1.82) is 0 Å². The average Bonchev–Trinajstić information content (AvgIpc) is 2.59. The van der Waals surface area contributed by atoms with Crippen molar-refractivity contribution in [2.45, 2.75) is 34.1 Å². The topological polar surface area (TPSA) is 99.1 Å². The van der Waals surface area contributed by atoms with E-state index in [1.165, 1.54) is 20.1 Å². The van der Waals surface area contributed by atoms with Crippen molar-refractivity contribution in [2.24, 2.45) is 5.41 Å². The highest BCUT2D eigenvalue weighted by atomic mass is 16.5. The van der Waals surface area contributed by atoms with Crippen LogP contribution in [0.15, 0.2) is 18.2 Å². The molecule has 7 heteroatoms. The van der Waals surface area contributed by atoms with E-state index in [0.717, 1.165) is 7.11 Å². The Balaban J connectivity index is 2.84. The zero-order valence-electron chi connectivity index (χ0n) is 16.8.